The summed E-state index contributed by atoms with van der Waals surface area (Å²) in [6.07, 6.45) is -3.53. The first-order valence-electron chi connectivity index (χ1n) is 10.5. The maximum absolute atomic E-state index is 12.9. The number of carbonyl (C=O) groups excluding carboxylic acids is 1. The fourth-order valence-electron chi connectivity index (χ4n) is 3.34. The molecule has 0 atom stereocenters. The number of alkyl halides is 3. The number of rotatable bonds is 6. The number of hydrogen-bond acceptors (Lipinski definition) is 4. The molecule has 6 nitrogen and oxygen atoms in total. The molecule has 0 saturated heterocycles. The number of amides is 1. The van der Waals surface area contributed by atoms with Crippen LogP contribution in [0.1, 0.15) is 28.4 Å². The zero-order valence-corrected chi connectivity index (χ0v) is 18.4. The fraction of sp³-hybridized carbons (Fsp3) is 0.160. The van der Waals surface area contributed by atoms with E-state index in [1.54, 1.807) is 36.4 Å². The molecule has 0 spiro atoms. The van der Waals surface area contributed by atoms with E-state index in [9.17, 15) is 18.0 Å². The maximum atomic E-state index is 12.9. The number of hydrogen-bond donors (Lipinski definition) is 1. The van der Waals surface area contributed by atoms with E-state index < -0.39 is 11.7 Å². The van der Waals surface area contributed by atoms with Crippen molar-refractivity contribution in [2.24, 2.45) is 0 Å². The Kier molecular flexibility index (Phi) is 6.36. The average Bonchev–Trinajstić information content (AvgIpc) is 3.29. The lowest BCUT2D eigenvalue weighted by molar-refractivity contribution is -0.137. The molecule has 4 rings (SSSR count). The molecule has 9 heteroatoms. The number of anilines is 1. The molecule has 1 heterocycles. The van der Waals surface area contributed by atoms with Crippen LogP contribution in [-0.4, -0.2) is 27.8 Å². The van der Waals surface area contributed by atoms with E-state index in [0.29, 0.717) is 28.3 Å². The van der Waals surface area contributed by atoms with E-state index >= 15 is 0 Å². The number of carbonyl (C=O) groups is 1. The van der Waals surface area contributed by atoms with Gasteiger partial charge in [0.05, 0.1) is 18.4 Å². The molecule has 1 N–H and O–H groups in total. The highest BCUT2D eigenvalue weighted by Crippen LogP contribution is 2.31. The summed E-state index contributed by atoms with van der Waals surface area (Å²) in [5.41, 5.74) is 2.56. The number of aromatic nitrogens is 3. The van der Waals surface area contributed by atoms with Crippen molar-refractivity contribution in [3.05, 3.63) is 89.5 Å². The van der Waals surface area contributed by atoms with Crippen LogP contribution in [0.25, 0.3) is 17.1 Å². The van der Waals surface area contributed by atoms with Crippen LogP contribution >= 0.6 is 0 Å². The standard InChI is InChI=1S/C25H21F3N4O2/c1-3-16-4-6-18(7-5-16)23(33)29-20-12-14-21(15-13-20)32-22(30-24(31-32)34-2)17-8-10-19(11-9-17)25(26,27)28/h4-15H,3H2,1-2H3,(H,29,33). The van der Waals surface area contributed by atoms with E-state index in [0.717, 1.165) is 24.1 Å². The molecule has 0 aliphatic heterocycles. The van der Waals surface area contributed by atoms with E-state index in [4.69, 9.17) is 4.74 Å². The minimum Gasteiger partial charge on any atom is -0.466 e. The monoisotopic (exact) mass is 466 g/mol. The van der Waals surface area contributed by atoms with E-state index in [2.05, 4.69) is 15.4 Å². The Morgan fingerprint density at radius 2 is 1.62 bits per heavy atom. The van der Waals surface area contributed by atoms with Crippen molar-refractivity contribution in [3.63, 3.8) is 0 Å². The van der Waals surface area contributed by atoms with Crippen molar-refractivity contribution in [2.45, 2.75) is 19.5 Å². The molecule has 0 saturated carbocycles. The number of halogens is 3. The van der Waals surface area contributed by atoms with Gasteiger partial charge in [0, 0.05) is 16.8 Å². The topological polar surface area (TPSA) is 69.0 Å². The molecular formula is C25H21F3N4O2. The maximum Gasteiger partial charge on any atom is 0.416 e. The molecule has 0 fully saturated rings. The Balaban J connectivity index is 1.57. The van der Waals surface area contributed by atoms with Crippen LogP contribution in [-0.2, 0) is 12.6 Å². The fourth-order valence-corrected chi connectivity index (χ4v) is 3.34. The van der Waals surface area contributed by atoms with Crippen LogP contribution in [0, 0.1) is 0 Å². The molecule has 0 bridgehead atoms. The average molecular weight is 466 g/mol. The van der Waals surface area contributed by atoms with Gasteiger partial charge in [-0.25, -0.2) is 4.68 Å². The van der Waals surface area contributed by atoms with Gasteiger partial charge >= 0.3 is 12.2 Å². The Bertz CT molecular complexity index is 1280. The zero-order valence-electron chi connectivity index (χ0n) is 18.4. The molecule has 0 aliphatic carbocycles. The van der Waals surface area contributed by atoms with Crippen LogP contribution in [0.4, 0.5) is 18.9 Å². The summed E-state index contributed by atoms with van der Waals surface area (Å²) in [4.78, 5) is 16.8. The summed E-state index contributed by atoms with van der Waals surface area (Å²) in [5, 5.41) is 7.12. The third-order valence-corrected chi connectivity index (χ3v) is 5.23. The number of aryl methyl sites for hydroxylation is 1. The first-order chi connectivity index (χ1) is 16.3. The van der Waals surface area contributed by atoms with Gasteiger partial charge in [0.2, 0.25) is 0 Å². The second kappa shape index (κ2) is 9.38. The summed E-state index contributed by atoms with van der Waals surface area (Å²) in [6, 6.07) is 19.0. The lowest BCUT2D eigenvalue weighted by atomic mass is 10.1. The van der Waals surface area contributed by atoms with Crippen LogP contribution in [0.2, 0.25) is 0 Å². The molecule has 0 aliphatic rings. The third-order valence-electron chi connectivity index (χ3n) is 5.23. The molecule has 3 aromatic carbocycles. The summed E-state index contributed by atoms with van der Waals surface area (Å²) >= 11 is 0. The van der Waals surface area contributed by atoms with Gasteiger partial charge in [-0.15, -0.1) is 5.10 Å². The number of ether oxygens (including phenoxy) is 1. The van der Waals surface area contributed by atoms with Gasteiger partial charge in [0.25, 0.3) is 5.91 Å². The van der Waals surface area contributed by atoms with Crippen LogP contribution in [0.5, 0.6) is 6.01 Å². The van der Waals surface area contributed by atoms with Gasteiger partial charge in [-0.1, -0.05) is 31.2 Å². The summed E-state index contributed by atoms with van der Waals surface area (Å²) < 4.78 is 45.3. The number of nitrogens with one attached hydrogen (secondary N) is 1. The lowest BCUT2D eigenvalue weighted by Gasteiger charge is -2.10. The first kappa shape index (κ1) is 23.0. The second-order valence-electron chi connectivity index (χ2n) is 7.46. The van der Waals surface area contributed by atoms with Gasteiger partial charge in [0.1, 0.15) is 0 Å². The summed E-state index contributed by atoms with van der Waals surface area (Å²) in [5.74, 6) is 0.0849. The van der Waals surface area contributed by atoms with Crippen molar-refractivity contribution < 1.29 is 22.7 Å². The SMILES string of the molecule is CCc1ccc(C(=O)Nc2ccc(-n3nc(OC)nc3-c3ccc(C(F)(F)F)cc3)cc2)cc1. The Hall–Kier alpha value is -4.14. The predicted molar refractivity (Wildman–Crippen MR) is 122 cm³/mol. The van der Waals surface area contributed by atoms with Crippen LogP contribution < -0.4 is 10.1 Å². The Morgan fingerprint density at radius 3 is 2.18 bits per heavy atom. The molecule has 4 aromatic rings. The van der Waals surface area contributed by atoms with Gasteiger partial charge in [-0.3, -0.25) is 4.79 Å². The number of benzene rings is 3. The van der Waals surface area contributed by atoms with Crippen LogP contribution in [0.15, 0.2) is 72.8 Å². The van der Waals surface area contributed by atoms with E-state index in [-0.39, 0.29) is 11.9 Å². The van der Waals surface area contributed by atoms with Gasteiger partial charge in [-0.05, 0) is 60.5 Å². The molecule has 174 valence electrons. The molecule has 34 heavy (non-hydrogen) atoms. The van der Waals surface area contributed by atoms with E-state index in [1.165, 1.54) is 23.9 Å². The van der Waals surface area contributed by atoms with Gasteiger partial charge in [-0.2, -0.15) is 18.2 Å². The second-order valence-corrected chi connectivity index (χ2v) is 7.46. The molecule has 1 amide bonds. The lowest BCUT2D eigenvalue weighted by Crippen LogP contribution is -2.12. The smallest absolute Gasteiger partial charge is 0.416 e. The first-order valence-corrected chi connectivity index (χ1v) is 10.5. The highest BCUT2D eigenvalue weighted by molar-refractivity contribution is 6.04. The normalized spacial score (nSPS) is 11.3. The molecule has 0 unspecified atom stereocenters. The van der Waals surface area contributed by atoms with Crippen LogP contribution in [0.3, 0.4) is 0 Å². The highest BCUT2D eigenvalue weighted by Gasteiger charge is 2.30. The van der Waals surface area contributed by atoms with Crippen molar-refractivity contribution >= 4 is 11.6 Å². The minimum absolute atomic E-state index is 0.0720. The van der Waals surface area contributed by atoms with Crippen molar-refractivity contribution in [1.82, 2.24) is 14.8 Å². The molecule has 0 radical (unpaired) electrons. The quantitative estimate of drug-likeness (QED) is 0.391. The third kappa shape index (κ3) is 4.93. The van der Waals surface area contributed by atoms with E-state index in [1.807, 2.05) is 19.1 Å². The zero-order chi connectivity index (χ0) is 24.3. The van der Waals surface area contributed by atoms with Crippen molar-refractivity contribution in [3.8, 4) is 23.1 Å². The Morgan fingerprint density at radius 1 is 0.971 bits per heavy atom. The minimum atomic E-state index is -4.43. The summed E-state index contributed by atoms with van der Waals surface area (Å²) in [6.45, 7) is 2.05. The molecule has 1 aromatic heterocycles. The van der Waals surface area contributed by atoms with Gasteiger partial charge in [0.15, 0.2) is 5.82 Å². The number of nitrogens with zero attached hydrogens (tertiary/aromatic N) is 3. The molecular weight excluding hydrogens is 445 g/mol. The van der Waals surface area contributed by atoms with Gasteiger partial charge < -0.3 is 10.1 Å². The largest absolute Gasteiger partial charge is 0.466 e. The predicted octanol–water partition coefficient (Wildman–Crippen LogP) is 5.78. The van der Waals surface area contributed by atoms with Crippen molar-refractivity contribution in [2.75, 3.05) is 12.4 Å². The Labute approximate surface area is 194 Å². The van der Waals surface area contributed by atoms with Crippen molar-refractivity contribution in [1.29, 1.82) is 0 Å². The number of methoxy groups -OCH3 is 1. The summed E-state index contributed by atoms with van der Waals surface area (Å²) in [7, 11) is 1.40. The highest BCUT2D eigenvalue weighted by atomic mass is 19.4.